The van der Waals surface area contributed by atoms with E-state index in [0.717, 1.165) is 12.8 Å². The molecule has 1 N–H and O–H groups in total. The fourth-order valence-corrected chi connectivity index (χ4v) is 2.58. The van der Waals surface area contributed by atoms with Gasteiger partial charge in [0.15, 0.2) is 0 Å². The van der Waals surface area contributed by atoms with Crippen LogP contribution in [0.15, 0.2) is 0 Å². The van der Waals surface area contributed by atoms with Crippen LogP contribution in [0.1, 0.15) is 46.0 Å². The molecule has 0 bridgehead atoms. The third-order valence-electron chi connectivity index (χ3n) is 3.43. The summed E-state index contributed by atoms with van der Waals surface area (Å²) < 4.78 is 0. The van der Waals surface area contributed by atoms with Crippen molar-refractivity contribution in [2.24, 2.45) is 5.41 Å². The molecule has 1 heterocycles. The second-order valence-electron chi connectivity index (χ2n) is 4.89. The van der Waals surface area contributed by atoms with Crippen LogP contribution >= 0.6 is 0 Å². The number of nitrogens with zero attached hydrogens (tertiary/aromatic N) is 2. The molecule has 0 aromatic carbocycles. The van der Waals surface area contributed by atoms with E-state index in [1.807, 2.05) is 13.8 Å². The Morgan fingerprint density at radius 3 is 2.41 bits per heavy atom. The average molecular weight is 238 g/mol. The number of aliphatic hydroxyl groups excluding tert-OH is 1. The third kappa shape index (κ3) is 2.98. The van der Waals surface area contributed by atoms with Gasteiger partial charge in [0.05, 0.1) is 12.2 Å². The maximum absolute atomic E-state index is 12.4. The first-order valence-corrected chi connectivity index (χ1v) is 6.48. The van der Waals surface area contributed by atoms with Gasteiger partial charge >= 0.3 is 0 Å². The first kappa shape index (κ1) is 14.0. The van der Waals surface area contributed by atoms with Crippen LogP contribution in [0.3, 0.4) is 0 Å². The predicted molar refractivity (Wildman–Crippen MR) is 65.1 cm³/mol. The zero-order chi connectivity index (χ0) is 12.9. The van der Waals surface area contributed by atoms with Gasteiger partial charge in [0.25, 0.3) is 0 Å². The normalized spacial score (nSPS) is 20.4. The highest BCUT2D eigenvalue weighted by Crippen LogP contribution is 2.32. The molecule has 0 aromatic heterocycles. The van der Waals surface area contributed by atoms with Crippen LogP contribution in [0, 0.1) is 16.7 Å². The topological polar surface area (TPSA) is 64.3 Å². The Kier molecular flexibility index (Phi) is 4.95. The van der Waals surface area contributed by atoms with Crippen molar-refractivity contribution in [1.29, 1.82) is 5.26 Å². The average Bonchev–Trinajstić information content (AvgIpc) is 2.74. The SMILES string of the molecule is CCCC(C#N)(CCC)C(=O)N1CC[C@@H](O)C1. The van der Waals surface area contributed by atoms with Crippen molar-refractivity contribution in [3.05, 3.63) is 0 Å². The molecule has 0 saturated carbocycles. The molecule has 1 amide bonds. The van der Waals surface area contributed by atoms with E-state index in [-0.39, 0.29) is 5.91 Å². The quantitative estimate of drug-likeness (QED) is 0.792. The molecule has 0 unspecified atom stereocenters. The molecule has 4 heteroatoms. The van der Waals surface area contributed by atoms with Gasteiger partial charge in [0, 0.05) is 13.1 Å². The summed E-state index contributed by atoms with van der Waals surface area (Å²) in [5.41, 5.74) is -0.868. The van der Waals surface area contributed by atoms with E-state index < -0.39 is 11.5 Å². The van der Waals surface area contributed by atoms with Gasteiger partial charge in [-0.15, -0.1) is 0 Å². The van der Waals surface area contributed by atoms with Crippen LogP contribution in [0.4, 0.5) is 0 Å². The van der Waals surface area contributed by atoms with Crippen molar-refractivity contribution in [1.82, 2.24) is 4.90 Å². The Morgan fingerprint density at radius 1 is 1.47 bits per heavy atom. The first-order valence-electron chi connectivity index (χ1n) is 6.48. The van der Waals surface area contributed by atoms with E-state index in [0.29, 0.717) is 32.4 Å². The summed E-state index contributed by atoms with van der Waals surface area (Å²) in [5.74, 6) is -0.0831. The van der Waals surface area contributed by atoms with Crippen molar-refractivity contribution in [3.8, 4) is 6.07 Å². The molecule has 96 valence electrons. The highest BCUT2D eigenvalue weighted by Gasteiger charge is 2.41. The Bertz CT molecular complexity index is 303. The fraction of sp³-hybridized carbons (Fsp3) is 0.846. The number of carbonyl (C=O) groups is 1. The van der Waals surface area contributed by atoms with Crippen molar-refractivity contribution >= 4 is 5.91 Å². The van der Waals surface area contributed by atoms with Crippen molar-refractivity contribution in [2.45, 2.75) is 52.1 Å². The summed E-state index contributed by atoms with van der Waals surface area (Å²) in [5, 5.41) is 18.8. The monoisotopic (exact) mass is 238 g/mol. The largest absolute Gasteiger partial charge is 0.391 e. The minimum absolute atomic E-state index is 0.0831. The molecule has 0 aromatic rings. The molecule has 17 heavy (non-hydrogen) atoms. The van der Waals surface area contributed by atoms with Gasteiger partial charge in [-0.1, -0.05) is 26.7 Å². The van der Waals surface area contributed by atoms with Crippen LogP contribution in [0.2, 0.25) is 0 Å². The smallest absolute Gasteiger partial charge is 0.243 e. The van der Waals surface area contributed by atoms with E-state index in [2.05, 4.69) is 6.07 Å². The number of carbonyl (C=O) groups excluding carboxylic acids is 1. The van der Waals surface area contributed by atoms with Crippen LogP contribution in [-0.4, -0.2) is 35.1 Å². The van der Waals surface area contributed by atoms with Crippen LogP contribution < -0.4 is 0 Å². The molecule has 1 aliphatic rings. The van der Waals surface area contributed by atoms with E-state index in [4.69, 9.17) is 0 Å². The second kappa shape index (κ2) is 6.02. The summed E-state index contributed by atoms with van der Waals surface area (Å²) in [6.45, 7) is 4.95. The van der Waals surface area contributed by atoms with E-state index >= 15 is 0 Å². The number of hydrogen-bond acceptors (Lipinski definition) is 3. The lowest BCUT2D eigenvalue weighted by Gasteiger charge is -2.29. The standard InChI is InChI=1S/C13H22N2O2/c1-3-6-13(10-14,7-4-2)12(17)15-8-5-11(16)9-15/h11,16H,3-9H2,1-2H3/t11-/m1/s1. The molecule has 0 radical (unpaired) electrons. The molecule has 1 atom stereocenters. The summed E-state index contributed by atoms with van der Waals surface area (Å²) in [6.07, 6.45) is 3.10. The molecule has 1 rings (SSSR count). The van der Waals surface area contributed by atoms with E-state index in [1.54, 1.807) is 4.90 Å². The van der Waals surface area contributed by atoms with Gasteiger partial charge in [-0.05, 0) is 19.3 Å². The van der Waals surface area contributed by atoms with Gasteiger partial charge in [-0.2, -0.15) is 5.26 Å². The molecule has 0 aliphatic carbocycles. The fourth-order valence-electron chi connectivity index (χ4n) is 2.58. The minimum atomic E-state index is -0.868. The highest BCUT2D eigenvalue weighted by atomic mass is 16.3. The van der Waals surface area contributed by atoms with Gasteiger partial charge < -0.3 is 10.0 Å². The van der Waals surface area contributed by atoms with Crippen molar-refractivity contribution in [3.63, 3.8) is 0 Å². The van der Waals surface area contributed by atoms with Gasteiger partial charge in [-0.25, -0.2) is 0 Å². The number of amides is 1. The lowest BCUT2D eigenvalue weighted by atomic mass is 9.79. The van der Waals surface area contributed by atoms with Gasteiger partial charge in [0.2, 0.25) is 5.91 Å². The highest BCUT2D eigenvalue weighted by molar-refractivity contribution is 5.85. The zero-order valence-corrected chi connectivity index (χ0v) is 10.8. The summed E-state index contributed by atoms with van der Waals surface area (Å²) in [6, 6.07) is 2.24. The number of β-amino-alcohol motifs (C(OH)–C–C–N with tert-alkyl or cyclic N) is 1. The van der Waals surface area contributed by atoms with Gasteiger partial charge in [0.1, 0.15) is 5.41 Å². The maximum Gasteiger partial charge on any atom is 0.243 e. The van der Waals surface area contributed by atoms with E-state index in [9.17, 15) is 15.2 Å². The van der Waals surface area contributed by atoms with Gasteiger partial charge in [-0.3, -0.25) is 4.79 Å². The zero-order valence-electron chi connectivity index (χ0n) is 10.8. The number of hydrogen-bond donors (Lipinski definition) is 1. The molecule has 1 aliphatic heterocycles. The Labute approximate surface area is 103 Å². The van der Waals surface area contributed by atoms with Crippen LogP contribution in [0.5, 0.6) is 0 Å². The summed E-state index contributed by atoms with van der Waals surface area (Å²) in [4.78, 5) is 14.1. The third-order valence-corrected chi connectivity index (χ3v) is 3.43. The van der Waals surface area contributed by atoms with Crippen LogP contribution in [-0.2, 0) is 4.79 Å². The molecule has 1 saturated heterocycles. The maximum atomic E-state index is 12.4. The second-order valence-corrected chi connectivity index (χ2v) is 4.89. The summed E-state index contributed by atoms with van der Waals surface area (Å²) >= 11 is 0. The lowest BCUT2D eigenvalue weighted by Crippen LogP contribution is -2.42. The Morgan fingerprint density at radius 2 is 2.06 bits per heavy atom. The number of likely N-dealkylation sites (tertiary alicyclic amines) is 1. The number of aliphatic hydroxyl groups is 1. The van der Waals surface area contributed by atoms with E-state index in [1.165, 1.54) is 0 Å². The Hall–Kier alpha value is -1.08. The summed E-state index contributed by atoms with van der Waals surface area (Å²) in [7, 11) is 0. The molecule has 4 nitrogen and oxygen atoms in total. The molecule has 1 fully saturated rings. The molecular formula is C13H22N2O2. The lowest BCUT2D eigenvalue weighted by molar-refractivity contribution is -0.139. The van der Waals surface area contributed by atoms with Crippen molar-refractivity contribution < 1.29 is 9.90 Å². The minimum Gasteiger partial charge on any atom is -0.391 e. The van der Waals surface area contributed by atoms with Crippen molar-refractivity contribution in [2.75, 3.05) is 13.1 Å². The number of nitriles is 1. The predicted octanol–water partition coefficient (Wildman–Crippen LogP) is 1.69. The number of rotatable bonds is 5. The molecule has 0 spiro atoms. The molecular weight excluding hydrogens is 216 g/mol. The van der Waals surface area contributed by atoms with Crippen LogP contribution in [0.25, 0.3) is 0 Å². The first-order chi connectivity index (χ1) is 8.09. The Balaban J connectivity index is 2.82.